The Bertz CT molecular complexity index is 1180. The topological polar surface area (TPSA) is 94.0 Å². The third kappa shape index (κ3) is 3.40. The van der Waals surface area contributed by atoms with E-state index in [4.69, 9.17) is 0 Å². The zero-order chi connectivity index (χ0) is 19.1. The Morgan fingerprint density at radius 2 is 1.96 bits per heavy atom. The summed E-state index contributed by atoms with van der Waals surface area (Å²) in [5.41, 5.74) is 0.0266. The van der Waals surface area contributed by atoms with Crippen molar-refractivity contribution in [3.8, 4) is 0 Å². The predicted molar refractivity (Wildman–Crippen MR) is 91.6 cm³/mol. The lowest BCUT2D eigenvalue weighted by molar-refractivity contribution is 0.574. The molecule has 0 aliphatic heterocycles. The Hall–Kier alpha value is -2.88. The van der Waals surface area contributed by atoms with Crippen LogP contribution in [-0.4, -0.2) is 29.2 Å². The number of sulfone groups is 1. The Kier molecular flexibility index (Phi) is 4.45. The lowest BCUT2D eigenvalue weighted by Crippen LogP contribution is -2.22. The number of anilines is 1. The van der Waals surface area contributed by atoms with Crippen molar-refractivity contribution in [3.05, 3.63) is 58.0 Å². The first-order valence-corrected chi connectivity index (χ1v) is 9.30. The monoisotopic (exact) mass is 380 g/mol. The fourth-order valence-electron chi connectivity index (χ4n) is 2.39. The van der Waals surface area contributed by atoms with E-state index in [0.717, 1.165) is 18.4 Å². The van der Waals surface area contributed by atoms with Gasteiger partial charge < -0.3 is 5.32 Å². The summed E-state index contributed by atoms with van der Waals surface area (Å²) >= 11 is 0. The molecule has 10 heteroatoms. The van der Waals surface area contributed by atoms with E-state index in [1.165, 1.54) is 29.9 Å². The summed E-state index contributed by atoms with van der Waals surface area (Å²) in [6.45, 7) is -0.0326. The van der Waals surface area contributed by atoms with Crippen molar-refractivity contribution in [2.45, 2.75) is 11.7 Å². The van der Waals surface area contributed by atoms with Gasteiger partial charge in [-0.05, 0) is 12.1 Å². The maximum atomic E-state index is 13.7. The molecular formula is C16H14F2N4O3S. The van der Waals surface area contributed by atoms with Crippen LogP contribution in [0.25, 0.3) is 11.0 Å². The van der Waals surface area contributed by atoms with E-state index in [1.807, 2.05) is 0 Å². The smallest absolute Gasteiger partial charge is 0.275 e. The number of aromatic nitrogens is 3. The molecule has 0 spiro atoms. The van der Waals surface area contributed by atoms with Crippen LogP contribution in [0.4, 0.5) is 14.5 Å². The molecule has 2 heterocycles. The number of rotatable bonds is 4. The summed E-state index contributed by atoms with van der Waals surface area (Å²) in [6.07, 6.45) is 2.27. The molecule has 0 unspecified atom stereocenters. The number of hydrogen-bond donors (Lipinski definition) is 1. The van der Waals surface area contributed by atoms with Crippen molar-refractivity contribution >= 4 is 26.6 Å². The highest BCUT2D eigenvalue weighted by molar-refractivity contribution is 7.90. The van der Waals surface area contributed by atoms with E-state index in [-0.39, 0.29) is 28.6 Å². The van der Waals surface area contributed by atoms with Crippen LogP contribution in [0.15, 0.2) is 40.4 Å². The van der Waals surface area contributed by atoms with Gasteiger partial charge in [0.05, 0.1) is 0 Å². The standard InChI is InChI=1S/C16H14F2N4O3S/c1-22-14-10(8-20-16(21-14)26(2,24)25)5-13(15(22)23)19-7-9-3-4-11(17)6-12(9)18/h3-6,8,19H,7H2,1-2H3. The molecule has 3 rings (SSSR count). The van der Waals surface area contributed by atoms with Gasteiger partial charge in [-0.1, -0.05) is 6.07 Å². The molecule has 7 nitrogen and oxygen atoms in total. The number of fused-ring (bicyclic) bond motifs is 1. The van der Waals surface area contributed by atoms with E-state index in [9.17, 15) is 22.0 Å². The minimum atomic E-state index is -3.61. The number of hydrogen-bond acceptors (Lipinski definition) is 6. The maximum Gasteiger partial charge on any atom is 0.275 e. The first-order valence-electron chi connectivity index (χ1n) is 7.41. The highest BCUT2D eigenvalue weighted by Gasteiger charge is 2.15. The third-order valence-electron chi connectivity index (χ3n) is 3.74. The zero-order valence-corrected chi connectivity index (χ0v) is 14.6. The molecule has 0 saturated carbocycles. The molecular weight excluding hydrogens is 366 g/mol. The molecule has 0 atom stereocenters. The van der Waals surface area contributed by atoms with Gasteiger partial charge in [-0.2, -0.15) is 4.98 Å². The molecule has 0 amide bonds. The largest absolute Gasteiger partial charge is 0.376 e. The van der Waals surface area contributed by atoms with Crippen molar-refractivity contribution in [2.24, 2.45) is 7.05 Å². The second-order valence-corrected chi connectivity index (χ2v) is 7.62. The fourth-order valence-corrected chi connectivity index (χ4v) is 2.89. The van der Waals surface area contributed by atoms with Crippen LogP contribution in [0.5, 0.6) is 0 Å². The minimum Gasteiger partial charge on any atom is -0.376 e. The number of benzene rings is 1. The Morgan fingerprint density at radius 1 is 1.23 bits per heavy atom. The summed E-state index contributed by atoms with van der Waals surface area (Å²) in [5, 5.41) is 2.85. The molecule has 136 valence electrons. The van der Waals surface area contributed by atoms with Crippen molar-refractivity contribution in [1.29, 1.82) is 0 Å². The SMILES string of the molecule is Cn1c(=O)c(NCc2ccc(F)cc2F)cc2cnc(S(C)(=O)=O)nc21. The number of nitrogens with one attached hydrogen (secondary N) is 1. The Balaban J connectivity index is 1.99. The summed E-state index contributed by atoms with van der Waals surface area (Å²) < 4.78 is 51.0. The summed E-state index contributed by atoms with van der Waals surface area (Å²) in [7, 11) is -2.18. The molecule has 2 aromatic heterocycles. The van der Waals surface area contributed by atoms with Gasteiger partial charge in [-0.15, -0.1) is 0 Å². The van der Waals surface area contributed by atoms with E-state index in [1.54, 1.807) is 0 Å². The molecule has 26 heavy (non-hydrogen) atoms. The second-order valence-electron chi connectivity index (χ2n) is 5.72. The number of aryl methyl sites for hydroxylation is 1. The van der Waals surface area contributed by atoms with Crippen LogP contribution in [0.2, 0.25) is 0 Å². The van der Waals surface area contributed by atoms with Gasteiger partial charge in [0, 0.05) is 43.1 Å². The van der Waals surface area contributed by atoms with Crippen molar-refractivity contribution in [3.63, 3.8) is 0 Å². The van der Waals surface area contributed by atoms with Crippen LogP contribution >= 0.6 is 0 Å². The van der Waals surface area contributed by atoms with Gasteiger partial charge >= 0.3 is 0 Å². The Morgan fingerprint density at radius 3 is 2.62 bits per heavy atom. The van der Waals surface area contributed by atoms with E-state index >= 15 is 0 Å². The maximum absolute atomic E-state index is 13.7. The molecule has 1 aromatic carbocycles. The van der Waals surface area contributed by atoms with Gasteiger partial charge in [0.1, 0.15) is 23.0 Å². The molecule has 1 N–H and O–H groups in total. The lowest BCUT2D eigenvalue weighted by Gasteiger charge is -2.11. The van der Waals surface area contributed by atoms with E-state index in [0.29, 0.717) is 5.39 Å². The lowest BCUT2D eigenvalue weighted by atomic mass is 10.2. The number of halogens is 2. The number of nitrogens with zero attached hydrogens (tertiary/aromatic N) is 3. The first-order chi connectivity index (χ1) is 12.2. The van der Waals surface area contributed by atoms with E-state index < -0.39 is 27.0 Å². The van der Waals surface area contributed by atoms with Gasteiger partial charge in [0.25, 0.3) is 5.56 Å². The molecule has 3 aromatic rings. The summed E-state index contributed by atoms with van der Waals surface area (Å²) in [5.74, 6) is -1.41. The number of pyridine rings is 1. The van der Waals surface area contributed by atoms with Crippen molar-refractivity contribution in [1.82, 2.24) is 14.5 Å². The third-order valence-corrected chi connectivity index (χ3v) is 4.60. The fraction of sp³-hybridized carbons (Fsp3) is 0.188. The summed E-state index contributed by atoms with van der Waals surface area (Å²) in [6, 6.07) is 4.62. The molecule has 0 radical (unpaired) electrons. The quantitative estimate of drug-likeness (QED) is 0.692. The van der Waals surface area contributed by atoms with Crippen LogP contribution in [-0.2, 0) is 23.4 Å². The minimum absolute atomic E-state index is 0.0326. The van der Waals surface area contributed by atoms with Crippen molar-refractivity contribution < 1.29 is 17.2 Å². The average Bonchev–Trinajstić information content (AvgIpc) is 2.57. The van der Waals surface area contributed by atoms with Gasteiger partial charge in [0.15, 0.2) is 0 Å². The van der Waals surface area contributed by atoms with Gasteiger partial charge in [-0.25, -0.2) is 22.2 Å². The molecule has 0 bridgehead atoms. The molecule has 0 saturated heterocycles. The van der Waals surface area contributed by atoms with Gasteiger partial charge in [-0.3, -0.25) is 9.36 Å². The van der Waals surface area contributed by atoms with Crippen LogP contribution in [0, 0.1) is 11.6 Å². The predicted octanol–water partition coefficient (Wildman–Crippen LogP) is 1.62. The normalized spacial score (nSPS) is 11.7. The summed E-state index contributed by atoms with van der Waals surface area (Å²) in [4.78, 5) is 20.2. The average molecular weight is 380 g/mol. The molecule has 0 fully saturated rings. The highest BCUT2D eigenvalue weighted by Crippen LogP contribution is 2.16. The van der Waals surface area contributed by atoms with Crippen LogP contribution in [0.3, 0.4) is 0 Å². The van der Waals surface area contributed by atoms with Crippen molar-refractivity contribution in [2.75, 3.05) is 11.6 Å². The highest BCUT2D eigenvalue weighted by atomic mass is 32.2. The zero-order valence-electron chi connectivity index (χ0n) is 13.8. The second kappa shape index (κ2) is 6.45. The first kappa shape index (κ1) is 17.9. The molecule has 0 aliphatic rings. The molecule has 0 aliphatic carbocycles. The van der Waals surface area contributed by atoms with E-state index in [2.05, 4.69) is 15.3 Å². The van der Waals surface area contributed by atoms with Crippen LogP contribution < -0.4 is 10.9 Å². The van der Waals surface area contributed by atoms with Crippen LogP contribution in [0.1, 0.15) is 5.56 Å². The Labute approximate surface area is 147 Å². The van der Waals surface area contributed by atoms with Gasteiger partial charge in [0.2, 0.25) is 15.0 Å².